The Balaban J connectivity index is 0.000000277. The van der Waals surface area contributed by atoms with Crippen molar-refractivity contribution in [3.8, 4) is 0 Å². The Morgan fingerprint density at radius 2 is 1.87 bits per heavy atom. The second-order valence-corrected chi connectivity index (χ2v) is 6.84. The Hall–Kier alpha value is -2.50. The first-order valence-corrected chi connectivity index (χ1v) is 9.29. The minimum atomic E-state index is -4.46. The zero-order valence-electron chi connectivity index (χ0n) is 16.9. The van der Waals surface area contributed by atoms with Crippen LogP contribution in [-0.2, 0) is 40.3 Å². The van der Waals surface area contributed by atoms with Gasteiger partial charge >= 0.3 is 6.18 Å². The maximum Gasteiger partial charge on any atom is 0.416 e. The molecular weight excluding hydrogens is 446 g/mol. The zero-order valence-corrected chi connectivity index (χ0v) is 17.6. The van der Waals surface area contributed by atoms with Crippen LogP contribution in [0.3, 0.4) is 0 Å². The molecule has 0 amide bonds. The standard InChI is InChI=1S/C9H6ClF3O2.C9H13N3O.CH3FO/c10-8-2-6(4-15-5-14)1-7(3-8)9(11,12)13;1-11-3-2-4-12-9(6-11)5-8(7-13)10-12;1-3-2/h1-3,5H,4H2;5,7H,2-4,6H2,1H3;1H3. The van der Waals surface area contributed by atoms with E-state index < -0.39 is 11.7 Å². The first-order valence-electron chi connectivity index (χ1n) is 8.91. The lowest BCUT2D eigenvalue weighted by molar-refractivity contribution is -0.137. The minimum Gasteiger partial charge on any atom is -0.463 e. The molecule has 7 nitrogen and oxygen atoms in total. The van der Waals surface area contributed by atoms with Gasteiger partial charge in [0, 0.05) is 24.7 Å². The van der Waals surface area contributed by atoms with Gasteiger partial charge in [-0.3, -0.25) is 14.3 Å². The fraction of sp³-hybridized carbons (Fsp3) is 0.421. The van der Waals surface area contributed by atoms with E-state index in [0.29, 0.717) is 5.69 Å². The van der Waals surface area contributed by atoms with Gasteiger partial charge in [-0.05, 0) is 47.8 Å². The number of carbonyl (C=O) groups is 2. The molecule has 1 aromatic carbocycles. The van der Waals surface area contributed by atoms with Crippen molar-refractivity contribution < 1.29 is 37.0 Å². The number of aromatic nitrogens is 2. The Morgan fingerprint density at radius 1 is 1.19 bits per heavy atom. The van der Waals surface area contributed by atoms with Gasteiger partial charge in [-0.1, -0.05) is 11.6 Å². The first-order chi connectivity index (χ1) is 14.6. The molecule has 0 saturated heterocycles. The molecule has 0 unspecified atom stereocenters. The van der Waals surface area contributed by atoms with Crippen LogP contribution in [0.25, 0.3) is 0 Å². The molecule has 172 valence electrons. The summed E-state index contributed by atoms with van der Waals surface area (Å²) in [6, 6.07) is 4.87. The highest BCUT2D eigenvalue weighted by Crippen LogP contribution is 2.32. The second-order valence-electron chi connectivity index (χ2n) is 6.40. The molecule has 0 bridgehead atoms. The largest absolute Gasteiger partial charge is 0.463 e. The lowest BCUT2D eigenvalue weighted by atomic mass is 10.1. The summed E-state index contributed by atoms with van der Waals surface area (Å²) in [7, 11) is 3.04. The SMILES string of the molecule is CN1CCCn2nc(C=O)cc2C1.COF.O=COCc1cc(Cl)cc(C(F)(F)F)c1. The molecule has 31 heavy (non-hydrogen) atoms. The second kappa shape index (κ2) is 13.0. The van der Waals surface area contributed by atoms with Crippen molar-refractivity contribution in [2.75, 3.05) is 20.7 Å². The van der Waals surface area contributed by atoms with Crippen LogP contribution in [0, 0.1) is 0 Å². The molecule has 0 fully saturated rings. The summed E-state index contributed by atoms with van der Waals surface area (Å²) in [4.78, 5) is 25.4. The lowest BCUT2D eigenvalue weighted by Gasteiger charge is -2.10. The molecule has 3 rings (SSSR count). The smallest absolute Gasteiger partial charge is 0.416 e. The fourth-order valence-electron chi connectivity index (χ4n) is 2.73. The normalized spacial score (nSPS) is 13.5. The summed E-state index contributed by atoms with van der Waals surface area (Å²) in [6.45, 7) is 2.84. The van der Waals surface area contributed by atoms with E-state index in [1.165, 1.54) is 6.07 Å². The molecule has 0 radical (unpaired) electrons. The molecule has 1 aliphatic heterocycles. The quantitative estimate of drug-likeness (QED) is 0.498. The topological polar surface area (TPSA) is 73.7 Å². The van der Waals surface area contributed by atoms with Gasteiger partial charge in [0.1, 0.15) is 12.3 Å². The van der Waals surface area contributed by atoms with Gasteiger partial charge in [0.25, 0.3) is 6.47 Å². The number of carbonyl (C=O) groups excluding carboxylic acids is 2. The van der Waals surface area contributed by atoms with Gasteiger partial charge in [0.05, 0.1) is 18.4 Å². The van der Waals surface area contributed by atoms with Crippen molar-refractivity contribution in [3.05, 3.63) is 51.8 Å². The lowest BCUT2D eigenvalue weighted by Crippen LogP contribution is -2.16. The summed E-state index contributed by atoms with van der Waals surface area (Å²) < 4.78 is 53.0. The number of benzene rings is 1. The van der Waals surface area contributed by atoms with Crippen molar-refractivity contribution in [2.24, 2.45) is 0 Å². The molecule has 2 aromatic rings. The molecule has 0 saturated carbocycles. The summed E-state index contributed by atoms with van der Waals surface area (Å²) in [5, 5.41) is 4.14. The number of hydrogen-bond donors (Lipinski definition) is 0. The number of ether oxygens (including phenoxy) is 1. The van der Waals surface area contributed by atoms with Crippen LogP contribution in [0.5, 0.6) is 0 Å². The van der Waals surface area contributed by atoms with E-state index in [1.54, 1.807) is 0 Å². The van der Waals surface area contributed by atoms with Crippen LogP contribution in [0.4, 0.5) is 17.7 Å². The Morgan fingerprint density at radius 3 is 2.45 bits per heavy atom. The molecule has 12 heteroatoms. The molecule has 0 atom stereocenters. The van der Waals surface area contributed by atoms with E-state index in [-0.39, 0.29) is 23.7 Å². The number of halogens is 5. The number of aryl methyl sites for hydroxylation is 1. The third-order valence-corrected chi connectivity index (χ3v) is 4.17. The first kappa shape index (κ1) is 26.5. The van der Waals surface area contributed by atoms with Gasteiger partial charge < -0.3 is 9.64 Å². The minimum absolute atomic E-state index is 0.0469. The maximum absolute atomic E-state index is 12.3. The predicted molar refractivity (Wildman–Crippen MR) is 104 cm³/mol. The van der Waals surface area contributed by atoms with E-state index >= 15 is 0 Å². The Kier molecular flexibility index (Phi) is 11.2. The van der Waals surface area contributed by atoms with E-state index in [1.807, 2.05) is 10.7 Å². The van der Waals surface area contributed by atoms with E-state index in [2.05, 4.69) is 26.7 Å². The van der Waals surface area contributed by atoms with Crippen molar-refractivity contribution >= 4 is 24.4 Å². The summed E-state index contributed by atoms with van der Waals surface area (Å²) in [6.07, 6.45) is -2.55. The number of hydrogen-bond acceptors (Lipinski definition) is 6. The van der Waals surface area contributed by atoms with Gasteiger partial charge in [-0.15, -0.1) is 0 Å². The van der Waals surface area contributed by atoms with E-state index in [9.17, 15) is 27.3 Å². The van der Waals surface area contributed by atoms with Crippen molar-refractivity contribution in [2.45, 2.75) is 32.3 Å². The highest BCUT2D eigenvalue weighted by molar-refractivity contribution is 6.30. The maximum atomic E-state index is 12.3. The molecular formula is C19H22ClF4N3O4. The fourth-order valence-corrected chi connectivity index (χ4v) is 2.99. The highest BCUT2D eigenvalue weighted by Gasteiger charge is 2.31. The van der Waals surface area contributed by atoms with Crippen LogP contribution < -0.4 is 0 Å². The van der Waals surface area contributed by atoms with Gasteiger partial charge in [0.2, 0.25) is 0 Å². The highest BCUT2D eigenvalue weighted by atomic mass is 35.5. The Bertz CT molecular complexity index is 846. The van der Waals surface area contributed by atoms with Crippen LogP contribution in [0.1, 0.15) is 33.7 Å². The third kappa shape index (κ3) is 9.45. The van der Waals surface area contributed by atoms with Crippen LogP contribution in [0.2, 0.25) is 5.02 Å². The third-order valence-electron chi connectivity index (χ3n) is 3.95. The molecule has 0 aliphatic carbocycles. The summed E-state index contributed by atoms with van der Waals surface area (Å²) >= 11 is 5.49. The number of nitrogens with zero attached hydrogens (tertiary/aromatic N) is 3. The molecule has 0 spiro atoms. The number of alkyl halides is 3. The van der Waals surface area contributed by atoms with Gasteiger partial charge in [-0.25, -0.2) is 0 Å². The van der Waals surface area contributed by atoms with Crippen LogP contribution in [-0.4, -0.2) is 48.1 Å². The Labute approximate surface area is 181 Å². The van der Waals surface area contributed by atoms with Crippen molar-refractivity contribution in [1.29, 1.82) is 0 Å². The average molecular weight is 468 g/mol. The van der Waals surface area contributed by atoms with E-state index in [4.69, 9.17) is 11.6 Å². The van der Waals surface area contributed by atoms with Gasteiger partial charge in [-0.2, -0.15) is 23.2 Å². The summed E-state index contributed by atoms with van der Waals surface area (Å²) in [5.74, 6) is 0. The molecule has 1 aliphatic rings. The molecule has 0 N–H and O–H groups in total. The van der Waals surface area contributed by atoms with Crippen molar-refractivity contribution in [3.63, 3.8) is 0 Å². The van der Waals surface area contributed by atoms with Crippen molar-refractivity contribution in [1.82, 2.24) is 14.7 Å². The summed E-state index contributed by atoms with van der Waals surface area (Å²) in [5.41, 5.74) is 1.02. The average Bonchev–Trinajstić information content (AvgIpc) is 2.99. The van der Waals surface area contributed by atoms with Crippen LogP contribution >= 0.6 is 11.6 Å². The number of rotatable bonds is 4. The predicted octanol–water partition coefficient (Wildman–Crippen LogP) is 4.08. The van der Waals surface area contributed by atoms with Gasteiger partial charge in [0.15, 0.2) is 6.29 Å². The zero-order chi connectivity index (χ0) is 23.4. The van der Waals surface area contributed by atoms with Crippen LogP contribution in [0.15, 0.2) is 24.3 Å². The molecule has 1 aromatic heterocycles. The molecule has 2 heterocycles. The number of fused-ring (bicyclic) bond motifs is 1. The van der Waals surface area contributed by atoms with E-state index in [0.717, 1.165) is 57.3 Å². The number of aldehydes is 1. The monoisotopic (exact) mass is 467 g/mol.